The van der Waals surface area contributed by atoms with Gasteiger partial charge in [0.05, 0.1) is 19.2 Å². The topological polar surface area (TPSA) is 101 Å². The summed E-state index contributed by atoms with van der Waals surface area (Å²) in [4.78, 5) is 44.0. The summed E-state index contributed by atoms with van der Waals surface area (Å²) in [6.45, 7) is 0.719. The second-order valence-electron chi connectivity index (χ2n) is 6.59. The van der Waals surface area contributed by atoms with Gasteiger partial charge in [-0.2, -0.15) is 0 Å². The third-order valence-electron chi connectivity index (χ3n) is 4.62. The van der Waals surface area contributed by atoms with E-state index >= 15 is 0 Å². The Kier molecular flexibility index (Phi) is 7.30. The van der Waals surface area contributed by atoms with Crippen molar-refractivity contribution in [1.29, 1.82) is 0 Å². The fourth-order valence-corrected chi connectivity index (χ4v) is 3.29. The molecule has 0 saturated carbocycles. The van der Waals surface area contributed by atoms with Crippen molar-refractivity contribution in [2.45, 2.75) is 3.98 Å². The number of nitrogens with zero attached hydrogens (tertiary/aromatic N) is 3. The molecule has 1 fully saturated rings. The smallest absolute Gasteiger partial charge is 0.413 e. The summed E-state index contributed by atoms with van der Waals surface area (Å²) >= 11 is 16.3. The van der Waals surface area contributed by atoms with Gasteiger partial charge in [0.1, 0.15) is 11.4 Å². The lowest BCUT2D eigenvalue weighted by atomic mass is 10.1. The molecular formula is C19H19Cl3N4O5. The van der Waals surface area contributed by atoms with Gasteiger partial charge in [0.2, 0.25) is 5.91 Å². The van der Waals surface area contributed by atoms with Gasteiger partial charge in [-0.05, 0) is 46.9 Å². The first kappa shape index (κ1) is 23.2. The van der Waals surface area contributed by atoms with E-state index in [1.165, 1.54) is 23.0 Å². The monoisotopic (exact) mass is 488 g/mol. The van der Waals surface area contributed by atoms with Crippen LogP contribution in [0.4, 0.5) is 4.79 Å². The van der Waals surface area contributed by atoms with Crippen LogP contribution < -0.4 is 10.1 Å². The van der Waals surface area contributed by atoms with Crippen LogP contribution in [0.25, 0.3) is 10.9 Å². The number of benzene rings is 1. The number of halogens is 3. The summed E-state index contributed by atoms with van der Waals surface area (Å²) in [7, 11) is 1.51. The number of aromatic nitrogens is 1. The van der Waals surface area contributed by atoms with Crippen LogP contribution in [0, 0.1) is 0 Å². The predicted molar refractivity (Wildman–Crippen MR) is 116 cm³/mol. The molecule has 2 aromatic rings. The predicted octanol–water partition coefficient (Wildman–Crippen LogP) is 2.58. The zero-order valence-corrected chi connectivity index (χ0v) is 18.7. The minimum atomic E-state index is -2.15. The van der Waals surface area contributed by atoms with Crippen LogP contribution in [-0.4, -0.2) is 76.5 Å². The number of fused-ring (bicyclic) bond motifs is 1. The van der Waals surface area contributed by atoms with Gasteiger partial charge in [0.15, 0.2) is 0 Å². The maximum Gasteiger partial charge on any atom is 0.413 e. The lowest BCUT2D eigenvalue weighted by molar-refractivity contribution is -0.131. The quantitative estimate of drug-likeness (QED) is 0.663. The first-order valence-corrected chi connectivity index (χ1v) is 10.4. The molecule has 1 aromatic carbocycles. The van der Waals surface area contributed by atoms with Crippen molar-refractivity contribution in [3.8, 4) is 5.75 Å². The van der Waals surface area contributed by atoms with Crippen molar-refractivity contribution in [1.82, 2.24) is 20.1 Å². The molecule has 166 valence electrons. The van der Waals surface area contributed by atoms with E-state index in [4.69, 9.17) is 39.5 Å². The Morgan fingerprint density at radius 3 is 2.39 bits per heavy atom. The van der Waals surface area contributed by atoms with Crippen molar-refractivity contribution in [3.05, 3.63) is 36.0 Å². The molecule has 1 aliphatic heterocycles. The third-order valence-corrected chi connectivity index (χ3v) is 4.86. The van der Waals surface area contributed by atoms with Crippen LogP contribution in [0.2, 0.25) is 0 Å². The van der Waals surface area contributed by atoms with Gasteiger partial charge in [0, 0.05) is 37.6 Å². The SMILES string of the molecule is COc1cc(C(=O)NCC(=O)N2CCN(C(=O)OC(Cl)(Cl)Cl)CC2)nc2ccccc12. The van der Waals surface area contributed by atoms with Crippen molar-refractivity contribution in [2.24, 2.45) is 0 Å². The summed E-state index contributed by atoms with van der Waals surface area (Å²) < 4.78 is 7.85. The molecule has 12 heteroatoms. The number of methoxy groups -OCH3 is 1. The summed E-state index contributed by atoms with van der Waals surface area (Å²) in [6, 6.07) is 8.80. The second kappa shape index (κ2) is 9.76. The summed E-state index contributed by atoms with van der Waals surface area (Å²) in [5.74, 6) is -0.280. The van der Waals surface area contributed by atoms with E-state index < -0.39 is 16.0 Å². The number of nitrogens with one attached hydrogen (secondary N) is 1. The third kappa shape index (κ3) is 6.03. The van der Waals surface area contributed by atoms with Gasteiger partial charge in [0.25, 0.3) is 5.91 Å². The van der Waals surface area contributed by atoms with Crippen LogP contribution in [0.15, 0.2) is 30.3 Å². The number of pyridine rings is 1. The highest BCUT2D eigenvalue weighted by atomic mass is 35.6. The Morgan fingerprint density at radius 2 is 1.74 bits per heavy atom. The van der Waals surface area contributed by atoms with Crippen LogP contribution in [0.3, 0.4) is 0 Å². The van der Waals surface area contributed by atoms with Crippen molar-refractivity contribution >= 4 is 63.6 Å². The number of carbonyl (C=O) groups is 3. The van der Waals surface area contributed by atoms with Crippen LogP contribution in [-0.2, 0) is 9.53 Å². The number of piperazine rings is 1. The molecule has 2 heterocycles. The summed E-state index contributed by atoms with van der Waals surface area (Å²) in [6.07, 6.45) is -0.781. The van der Waals surface area contributed by atoms with Gasteiger partial charge < -0.3 is 24.6 Å². The summed E-state index contributed by atoms with van der Waals surface area (Å²) in [5, 5.41) is 3.35. The number of para-hydroxylation sites is 1. The number of hydrogen-bond acceptors (Lipinski definition) is 6. The number of amides is 3. The van der Waals surface area contributed by atoms with Crippen molar-refractivity contribution in [2.75, 3.05) is 39.8 Å². The molecule has 0 aliphatic carbocycles. The molecule has 1 saturated heterocycles. The normalized spacial score (nSPS) is 14.3. The Morgan fingerprint density at radius 1 is 1.10 bits per heavy atom. The average Bonchev–Trinajstić information content (AvgIpc) is 2.75. The Bertz CT molecular complexity index is 990. The molecule has 0 radical (unpaired) electrons. The zero-order valence-electron chi connectivity index (χ0n) is 16.4. The largest absolute Gasteiger partial charge is 0.496 e. The molecule has 1 aliphatic rings. The van der Waals surface area contributed by atoms with Crippen molar-refractivity contribution < 1.29 is 23.9 Å². The molecule has 9 nitrogen and oxygen atoms in total. The number of alkyl halides is 3. The second-order valence-corrected chi connectivity index (χ2v) is 8.77. The van der Waals surface area contributed by atoms with E-state index in [0.29, 0.717) is 11.3 Å². The van der Waals surface area contributed by atoms with Gasteiger partial charge in [-0.3, -0.25) is 9.59 Å². The molecule has 3 rings (SSSR count). The first-order valence-electron chi connectivity index (χ1n) is 9.22. The lowest BCUT2D eigenvalue weighted by Crippen LogP contribution is -2.53. The van der Waals surface area contributed by atoms with Crippen LogP contribution >= 0.6 is 34.8 Å². The molecule has 3 amide bonds. The minimum Gasteiger partial charge on any atom is -0.496 e. The molecule has 0 atom stereocenters. The molecule has 1 N–H and O–H groups in total. The van der Waals surface area contributed by atoms with E-state index in [2.05, 4.69) is 15.0 Å². The Balaban J connectivity index is 1.54. The molecule has 31 heavy (non-hydrogen) atoms. The highest BCUT2D eigenvalue weighted by molar-refractivity contribution is 6.66. The highest BCUT2D eigenvalue weighted by Gasteiger charge is 2.31. The van der Waals surface area contributed by atoms with Gasteiger partial charge >= 0.3 is 10.1 Å². The van der Waals surface area contributed by atoms with E-state index in [1.54, 1.807) is 6.07 Å². The zero-order chi connectivity index (χ0) is 22.6. The maximum atomic E-state index is 12.5. The van der Waals surface area contributed by atoms with Gasteiger partial charge in [-0.1, -0.05) is 12.1 Å². The number of hydrogen-bond donors (Lipinski definition) is 1. The molecule has 0 bridgehead atoms. The van der Waals surface area contributed by atoms with E-state index in [9.17, 15) is 14.4 Å². The summed E-state index contributed by atoms with van der Waals surface area (Å²) in [5.41, 5.74) is 0.749. The van der Waals surface area contributed by atoms with Crippen LogP contribution in [0.1, 0.15) is 10.5 Å². The fraction of sp³-hybridized carbons (Fsp3) is 0.368. The number of carbonyl (C=O) groups excluding carboxylic acids is 3. The van der Waals surface area contributed by atoms with E-state index in [0.717, 1.165) is 5.39 Å². The number of ether oxygens (including phenoxy) is 2. The Labute approximate surface area is 193 Å². The molecule has 0 unspecified atom stereocenters. The average molecular weight is 490 g/mol. The molecule has 0 spiro atoms. The van der Waals surface area contributed by atoms with Gasteiger partial charge in [-0.25, -0.2) is 9.78 Å². The van der Waals surface area contributed by atoms with Crippen LogP contribution in [0.5, 0.6) is 5.75 Å². The number of rotatable bonds is 4. The molecular weight excluding hydrogens is 471 g/mol. The van der Waals surface area contributed by atoms with E-state index in [-0.39, 0.29) is 44.3 Å². The standard InChI is InChI=1S/C19H19Cl3N4O5/c1-30-15-10-14(24-13-5-3-2-4-12(13)15)17(28)23-11-16(27)25-6-8-26(9-7-25)18(29)31-19(20,21)22/h2-5,10H,6-9,11H2,1H3,(H,23,28). The van der Waals surface area contributed by atoms with Gasteiger partial charge in [-0.15, -0.1) is 0 Å². The lowest BCUT2D eigenvalue weighted by Gasteiger charge is -2.34. The van der Waals surface area contributed by atoms with E-state index in [1.807, 2.05) is 18.2 Å². The highest BCUT2D eigenvalue weighted by Crippen LogP contribution is 2.28. The first-order chi connectivity index (χ1) is 14.7. The fourth-order valence-electron chi connectivity index (χ4n) is 3.09. The maximum absolute atomic E-state index is 12.5. The minimum absolute atomic E-state index is 0.141. The Hall–Kier alpha value is -2.49. The van der Waals surface area contributed by atoms with Crippen molar-refractivity contribution in [3.63, 3.8) is 0 Å². The molecule has 1 aromatic heterocycles.